The molecule has 0 N–H and O–H groups in total. The molecule has 2 heterocycles. The van der Waals surface area contributed by atoms with Crippen LogP contribution in [0, 0.1) is 0 Å². The predicted octanol–water partition coefficient (Wildman–Crippen LogP) is 1.45. The molecule has 6 heteroatoms. The summed E-state index contributed by atoms with van der Waals surface area (Å²) < 4.78 is 1.81. The van der Waals surface area contributed by atoms with Crippen molar-refractivity contribution >= 4 is 11.8 Å². The van der Waals surface area contributed by atoms with Gasteiger partial charge in [-0.1, -0.05) is 18.2 Å². The molecule has 23 heavy (non-hydrogen) atoms. The zero-order chi connectivity index (χ0) is 16.4. The SMILES string of the molecule is CCN1C(=O)CC(N(C)Cc2cnn(-c3ccccc3)c2)C1=O. The zero-order valence-corrected chi connectivity index (χ0v) is 13.3. The van der Waals surface area contributed by atoms with Gasteiger partial charge in [-0.25, -0.2) is 4.68 Å². The Hall–Kier alpha value is -2.47. The number of hydrogen-bond donors (Lipinski definition) is 0. The van der Waals surface area contributed by atoms with Crippen molar-refractivity contribution in [3.05, 3.63) is 48.3 Å². The van der Waals surface area contributed by atoms with Crippen LogP contribution in [0.5, 0.6) is 0 Å². The molecule has 3 rings (SSSR count). The van der Waals surface area contributed by atoms with E-state index in [1.165, 1.54) is 4.90 Å². The van der Waals surface area contributed by atoms with E-state index in [0.717, 1.165) is 11.3 Å². The van der Waals surface area contributed by atoms with Crippen molar-refractivity contribution < 1.29 is 9.59 Å². The lowest BCUT2D eigenvalue weighted by molar-refractivity contribution is -0.139. The van der Waals surface area contributed by atoms with Crippen LogP contribution in [-0.2, 0) is 16.1 Å². The summed E-state index contributed by atoms with van der Waals surface area (Å²) in [6, 6.07) is 9.49. The van der Waals surface area contributed by atoms with E-state index < -0.39 is 0 Å². The molecule has 1 fully saturated rings. The molecule has 1 unspecified atom stereocenters. The highest BCUT2D eigenvalue weighted by Gasteiger charge is 2.39. The fraction of sp³-hybridized carbons (Fsp3) is 0.353. The summed E-state index contributed by atoms with van der Waals surface area (Å²) in [7, 11) is 1.87. The molecular formula is C17H20N4O2. The number of aromatic nitrogens is 2. The fourth-order valence-electron chi connectivity index (χ4n) is 2.90. The van der Waals surface area contributed by atoms with E-state index in [2.05, 4.69) is 5.10 Å². The van der Waals surface area contributed by atoms with Crippen LogP contribution in [0.1, 0.15) is 18.9 Å². The van der Waals surface area contributed by atoms with Gasteiger partial charge in [-0.15, -0.1) is 0 Å². The van der Waals surface area contributed by atoms with Gasteiger partial charge in [-0.3, -0.25) is 19.4 Å². The molecule has 0 radical (unpaired) electrons. The van der Waals surface area contributed by atoms with E-state index in [1.54, 1.807) is 6.20 Å². The summed E-state index contributed by atoms with van der Waals surface area (Å²) in [5.41, 5.74) is 2.00. The van der Waals surface area contributed by atoms with Crippen molar-refractivity contribution in [1.29, 1.82) is 0 Å². The number of para-hydroxylation sites is 1. The highest BCUT2D eigenvalue weighted by atomic mass is 16.2. The minimum atomic E-state index is -0.373. The van der Waals surface area contributed by atoms with Gasteiger partial charge in [-0.2, -0.15) is 5.10 Å². The van der Waals surface area contributed by atoms with E-state index >= 15 is 0 Å². The average Bonchev–Trinajstić information content (AvgIpc) is 3.13. The maximum atomic E-state index is 12.2. The number of carbonyl (C=O) groups is 2. The van der Waals surface area contributed by atoms with Crippen molar-refractivity contribution in [3.8, 4) is 5.69 Å². The normalized spacial score (nSPS) is 18.2. The number of carbonyl (C=O) groups excluding carboxylic acids is 2. The van der Waals surface area contributed by atoms with E-state index in [4.69, 9.17) is 0 Å². The Morgan fingerprint density at radius 3 is 2.65 bits per heavy atom. The summed E-state index contributed by atoms with van der Waals surface area (Å²) in [6.07, 6.45) is 4.00. The van der Waals surface area contributed by atoms with Crippen LogP contribution in [0.4, 0.5) is 0 Å². The number of likely N-dealkylation sites (N-methyl/N-ethyl adjacent to an activating group) is 2. The molecular weight excluding hydrogens is 292 g/mol. The first kappa shape index (κ1) is 15.4. The number of rotatable bonds is 5. The Kier molecular flexibility index (Phi) is 4.25. The minimum absolute atomic E-state index is 0.0886. The van der Waals surface area contributed by atoms with Gasteiger partial charge in [-0.05, 0) is 26.1 Å². The number of likely N-dealkylation sites (tertiary alicyclic amines) is 1. The van der Waals surface area contributed by atoms with Crippen LogP contribution in [-0.4, -0.2) is 51.0 Å². The third-order valence-corrected chi connectivity index (χ3v) is 4.16. The van der Waals surface area contributed by atoms with Gasteiger partial charge < -0.3 is 0 Å². The van der Waals surface area contributed by atoms with E-state index in [0.29, 0.717) is 13.1 Å². The predicted molar refractivity (Wildman–Crippen MR) is 85.8 cm³/mol. The zero-order valence-electron chi connectivity index (χ0n) is 13.3. The molecule has 1 atom stereocenters. The van der Waals surface area contributed by atoms with Gasteiger partial charge in [0.2, 0.25) is 11.8 Å². The number of imide groups is 1. The summed E-state index contributed by atoms with van der Waals surface area (Å²) in [6.45, 7) is 2.84. The molecule has 0 bridgehead atoms. The van der Waals surface area contributed by atoms with Crippen LogP contribution in [0.25, 0.3) is 5.69 Å². The van der Waals surface area contributed by atoms with Crippen molar-refractivity contribution in [2.24, 2.45) is 0 Å². The van der Waals surface area contributed by atoms with Crippen LogP contribution >= 0.6 is 0 Å². The van der Waals surface area contributed by atoms with Gasteiger partial charge in [0, 0.05) is 24.8 Å². The fourth-order valence-corrected chi connectivity index (χ4v) is 2.90. The Morgan fingerprint density at radius 1 is 1.26 bits per heavy atom. The number of amides is 2. The molecule has 0 spiro atoms. The highest BCUT2D eigenvalue weighted by Crippen LogP contribution is 2.19. The molecule has 1 aromatic heterocycles. The molecule has 0 saturated carbocycles. The van der Waals surface area contributed by atoms with Gasteiger partial charge >= 0.3 is 0 Å². The van der Waals surface area contributed by atoms with E-state index in [9.17, 15) is 9.59 Å². The number of benzene rings is 1. The first-order valence-electron chi connectivity index (χ1n) is 7.73. The Morgan fingerprint density at radius 2 is 2.00 bits per heavy atom. The van der Waals surface area contributed by atoms with Crippen molar-refractivity contribution in [2.45, 2.75) is 25.9 Å². The Labute approximate surface area is 135 Å². The van der Waals surface area contributed by atoms with Crippen molar-refractivity contribution in [3.63, 3.8) is 0 Å². The first-order chi connectivity index (χ1) is 11.1. The quantitative estimate of drug-likeness (QED) is 0.784. The average molecular weight is 312 g/mol. The second-order valence-corrected chi connectivity index (χ2v) is 5.74. The first-order valence-corrected chi connectivity index (χ1v) is 7.73. The van der Waals surface area contributed by atoms with Crippen LogP contribution in [0.3, 0.4) is 0 Å². The second-order valence-electron chi connectivity index (χ2n) is 5.74. The van der Waals surface area contributed by atoms with Crippen LogP contribution < -0.4 is 0 Å². The molecule has 1 aromatic carbocycles. The summed E-state index contributed by atoms with van der Waals surface area (Å²) in [5.74, 6) is -0.190. The van der Waals surface area contributed by atoms with Gasteiger partial charge in [0.25, 0.3) is 0 Å². The maximum absolute atomic E-state index is 12.2. The van der Waals surface area contributed by atoms with Gasteiger partial charge in [0.15, 0.2) is 0 Å². The lowest BCUT2D eigenvalue weighted by Gasteiger charge is -2.21. The Bertz CT molecular complexity index is 710. The standard InChI is InChI=1S/C17H20N4O2/c1-3-20-16(22)9-15(17(20)23)19(2)11-13-10-18-21(12-13)14-7-5-4-6-8-14/h4-8,10,12,15H,3,9,11H2,1-2H3. The summed E-state index contributed by atoms with van der Waals surface area (Å²) >= 11 is 0. The van der Waals surface area contributed by atoms with Gasteiger partial charge in [0.05, 0.1) is 24.3 Å². The van der Waals surface area contributed by atoms with Crippen molar-refractivity contribution in [1.82, 2.24) is 19.6 Å². The Balaban J connectivity index is 1.69. The van der Waals surface area contributed by atoms with Crippen LogP contribution in [0.2, 0.25) is 0 Å². The van der Waals surface area contributed by atoms with Crippen molar-refractivity contribution in [2.75, 3.05) is 13.6 Å². The smallest absolute Gasteiger partial charge is 0.247 e. The molecule has 1 aliphatic heterocycles. The third kappa shape index (κ3) is 3.03. The lowest BCUT2D eigenvalue weighted by atomic mass is 10.2. The summed E-state index contributed by atoms with van der Waals surface area (Å²) in [5, 5.41) is 4.36. The molecule has 1 aliphatic rings. The molecule has 2 amide bonds. The molecule has 6 nitrogen and oxygen atoms in total. The molecule has 0 aliphatic carbocycles. The van der Waals surface area contributed by atoms with Gasteiger partial charge in [0.1, 0.15) is 0 Å². The highest BCUT2D eigenvalue weighted by molar-refractivity contribution is 6.05. The third-order valence-electron chi connectivity index (χ3n) is 4.16. The number of hydrogen-bond acceptors (Lipinski definition) is 4. The largest absolute Gasteiger partial charge is 0.290 e. The van der Waals surface area contributed by atoms with E-state index in [-0.39, 0.29) is 24.3 Å². The van der Waals surface area contributed by atoms with Crippen LogP contribution in [0.15, 0.2) is 42.7 Å². The second kappa shape index (κ2) is 6.34. The summed E-state index contributed by atoms with van der Waals surface area (Å²) in [4.78, 5) is 27.3. The molecule has 1 saturated heterocycles. The molecule has 2 aromatic rings. The minimum Gasteiger partial charge on any atom is -0.290 e. The van der Waals surface area contributed by atoms with E-state index in [1.807, 2.05) is 60.1 Å². The monoisotopic (exact) mass is 312 g/mol. The number of nitrogens with zero attached hydrogens (tertiary/aromatic N) is 4. The maximum Gasteiger partial charge on any atom is 0.247 e. The molecule has 120 valence electrons. The topological polar surface area (TPSA) is 58.4 Å². The lowest BCUT2D eigenvalue weighted by Crippen LogP contribution is -2.39.